The number of anilines is 1. The first-order chi connectivity index (χ1) is 9.37. The Labute approximate surface area is 120 Å². The van der Waals surface area contributed by atoms with Crippen molar-refractivity contribution in [1.82, 2.24) is 0 Å². The van der Waals surface area contributed by atoms with Gasteiger partial charge in [0, 0.05) is 5.69 Å². The predicted octanol–water partition coefficient (Wildman–Crippen LogP) is 2.76. The second-order valence-corrected chi connectivity index (χ2v) is 6.95. The number of hydrogen-bond acceptors (Lipinski definition) is 4. The molecule has 0 unspecified atom stereocenters. The van der Waals surface area contributed by atoms with Crippen molar-refractivity contribution in [2.45, 2.75) is 24.0 Å². The van der Waals surface area contributed by atoms with Crippen LogP contribution >= 0.6 is 11.8 Å². The van der Waals surface area contributed by atoms with Crippen molar-refractivity contribution >= 4 is 33.2 Å². The Morgan fingerprint density at radius 1 is 1.30 bits per heavy atom. The lowest BCUT2D eigenvalue weighted by molar-refractivity contribution is -0.113. The molecule has 0 heterocycles. The number of thioether (sulfide) groups is 1. The molecule has 0 aliphatic rings. The summed E-state index contributed by atoms with van der Waals surface area (Å²) < 4.78 is 47.0. The van der Waals surface area contributed by atoms with Crippen LogP contribution in [0.3, 0.4) is 0 Å². The van der Waals surface area contributed by atoms with Crippen LogP contribution in [0.15, 0.2) is 29.2 Å². The molecule has 0 radical (unpaired) electrons. The molecule has 4 nitrogen and oxygen atoms in total. The summed E-state index contributed by atoms with van der Waals surface area (Å²) in [5.41, 5.74) is 0.375. The van der Waals surface area contributed by atoms with Gasteiger partial charge in [-0.2, -0.15) is 20.5 Å². The van der Waals surface area contributed by atoms with E-state index in [4.69, 9.17) is 0 Å². The molecule has 20 heavy (non-hydrogen) atoms. The lowest BCUT2D eigenvalue weighted by atomic mass is 10.3. The highest BCUT2D eigenvalue weighted by molar-refractivity contribution is 7.99. The van der Waals surface area contributed by atoms with Crippen LogP contribution in [0.2, 0.25) is 0 Å². The molecule has 0 saturated heterocycles. The summed E-state index contributed by atoms with van der Waals surface area (Å²) in [5.74, 6) is -2.49. The molecular weight excluding hydrogens is 308 g/mol. The minimum Gasteiger partial charge on any atom is -0.325 e. The first-order valence-electron chi connectivity index (χ1n) is 5.87. The van der Waals surface area contributed by atoms with Crippen molar-refractivity contribution in [3.8, 4) is 0 Å². The van der Waals surface area contributed by atoms with Gasteiger partial charge in [0.25, 0.3) is 0 Å². The Morgan fingerprint density at radius 2 is 1.90 bits per heavy atom. The van der Waals surface area contributed by atoms with Crippen LogP contribution in [0, 0.1) is 0 Å². The van der Waals surface area contributed by atoms with E-state index in [0.717, 1.165) is 24.3 Å². The third-order valence-corrected chi connectivity index (χ3v) is 4.84. The van der Waals surface area contributed by atoms with Crippen LogP contribution in [0.4, 0.5) is 14.5 Å². The number of amides is 1. The summed E-state index contributed by atoms with van der Waals surface area (Å²) in [6.07, 6.45) is 0.970. The van der Waals surface area contributed by atoms with E-state index in [2.05, 4.69) is 5.32 Å². The van der Waals surface area contributed by atoms with E-state index in [1.165, 1.54) is 23.9 Å². The van der Waals surface area contributed by atoms with Gasteiger partial charge in [-0.1, -0.05) is 6.92 Å². The molecule has 112 valence electrons. The minimum atomic E-state index is -4.59. The number of halogens is 2. The highest BCUT2D eigenvalue weighted by Crippen LogP contribution is 2.20. The first kappa shape index (κ1) is 16.9. The fourth-order valence-corrected chi connectivity index (χ4v) is 2.75. The molecule has 0 spiro atoms. The van der Waals surface area contributed by atoms with Crippen molar-refractivity contribution in [2.75, 3.05) is 16.8 Å². The van der Waals surface area contributed by atoms with Gasteiger partial charge in [0.2, 0.25) is 15.7 Å². The second kappa shape index (κ2) is 7.58. The van der Waals surface area contributed by atoms with Crippen molar-refractivity contribution in [2.24, 2.45) is 0 Å². The van der Waals surface area contributed by atoms with E-state index in [1.807, 2.05) is 6.92 Å². The Hall–Kier alpha value is -1.15. The van der Waals surface area contributed by atoms with Crippen LogP contribution in [0.25, 0.3) is 0 Å². The average Bonchev–Trinajstić information content (AvgIpc) is 2.39. The maximum Gasteiger partial charge on any atom is 0.341 e. The third kappa shape index (κ3) is 4.75. The molecule has 1 rings (SSSR count). The normalized spacial score (nSPS) is 11.6. The van der Waals surface area contributed by atoms with Crippen LogP contribution in [0.5, 0.6) is 0 Å². The molecule has 1 aromatic carbocycles. The summed E-state index contributed by atoms with van der Waals surface area (Å²) in [7, 11) is -4.59. The molecule has 0 saturated carbocycles. The fourth-order valence-electron chi connectivity index (χ4n) is 1.34. The number of sulfone groups is 1. The van der Waals surface area contributed by atoms with Gasteiger partial charge < -0.3 is 5.32 Å². The quantitative estimate of drug-likeness (QED) is 0.784. The van der Waals surface area contributed by atoms with Gasteiger partial charge in [-0.15, -0.1) is 0 Å². The number of nitrogens with one attached hydrogen (secondary N) is 1. The number of alkyl halides is 2. The van der Waals surface area contributed by atoms with Gasteiger partial charge in [0.15, 0.2) is 0 Å². The van der Waals surface area contributed by atoms with Gasteiger partial charge in [-0.25, -0.2) is 8.42 Å². The molecule has 8 heteroatoms. The van der Waals surface area contributed by atoms with Crippen molar-refractivity contribution in [3.63, 3.8) is 0 Å². The zero-order valence-electron chi connectivity index (χ0n) is 10.8. The van der Waals surface area contributed by atoms with Gasteiger partial charge >= 0.3 is 5.76 Å². The average molecular weight is 323 g/mol. The molecule has 0 bridgehead atoms. The van der Waals surface area contributed by atoms with Crippen LogP contribution in [0.1, 0.15) is 13.3 Å². The van der Waals surface area contributed by atoms with Crippen molar-refractivity contribution in [3.05, 3.63) is 24.3 Å². The van der Waals surface area contributed by atoms with E-state index < -0.39 is 20.5 Å². The SMILES string of the molecule is CCCSCC(=O)Nc1ccc(S(=O)(=O)C(F)F)cc1. The summed E-state index contributed by atoms with van der Waals surface area (Å²) in [4.78, 5) is 11.0. The summed E-state index contributed by atoms with van der Waals surface area (Å²) >= 11 is 1.48. The molecule has 0 aliphatic carbocycles. The molecule has 0 fully saturated rings. The van der Waals surface area contributed by atoms with Gasteiger partial charge in [-0.05, 0) is 36.4 Å². The maximum atomic E-state index is 12.3. The fraction of sp³-hybridized carbons (Fsp3) is 0.417. The molecule has 0 aliphatic heterocycles. The molecule has 0 aromatic heterocycles. The Balaban J connectivity index is 2.66. The topological polar surface area (TPSA) is 63.2 Å². The number of benzene rings is 1. The lowest BCUT2D eigenvalue weighted by Crippen LogP contribution is -2.15. The van der Waals surface area contributed by atoms with E-state index in [-0.39, 0.29) is 5.91 Å². The number of carbonyl (C=O) groups is 1. The van der Waals surface area contributed by atoms with Gasteiger partial charge in [0.1, 0.15) is 0 Å². The van der Waals surface area contributed by atoms with Gasteiger partial charge in [0.05, 0.1) is 10.6 Å². The van der Waals surface area contributed by atoms with Crippen LogP contribution < -0.4 is 5.32 Å². The van der Waals surface area contributed by atoms with Gasteiger partial charge in [-0.3, -0.25) is 4.79 Å². The van der Waals surface area contributed by atoms with E-state index in [1.54, 1.807) is 0 Å². The lowest BCUT2D eigenvalue weighted by Gasteiger charge is -2.07. The Morgan fingerprint density at radius 3 is 2.40 bits per heavy atom. The van der Waals surface area contributed by atoms with E-state index in [9.17, 15) is 22.0 Å². The van der Waals surface area contributed by atoms with Crippen LogP contribution in [-0.4, -0.2) is 31.6 Å². The molecule has 0 atom stereocenters. The molecule has 1 aromatic rings. The Bertz CT molecular complexity index is 544. The van der Waals surface area contributed by atoms with Crippen LogP contribution in [-0.2, 0) is 14.6 Å². The molecular formula is C12H15F2NO3S2. The molecule has 1 N–H and O–H groups in total. The summed E-state index contributed by atoms with van der Waals surface area (Å²) in [5, 5.41) is 2.57. The largest absolute Gasteiger partial charge is 0.341 e. The van der Waals surface area contributed by atoms with Crippen molar-refractivity contribution in [1.29, 1.82) is 0 Å². The monoisotopic (exact) mass is 323 g/mol. The third-order valence-electron chi connectivity index (χ3n) is 2.28. The first-order valence-corrected chi connectivity index (χ1v) is 8.57. The zero-order valence-corrected chi connectivity index (χ0v) is 12.4. The predicted molar refractivity (Wildman–Crippen MR) is 75.9 cm³/mol. The summed E-state index contributed by atoms with van der Waals surface area (Å²) in [6, 6.07) is 4.68. The number of rotatable bonds is 7. The summed E-state index contributed by atoms with van der Waals surface area (Å²) in [6.45, 7) is 2.01. The highest BCUT2D eigenvalue weighted by Gasteiger charge is 2.26. The van der Waals surface area contributed by atoms with E-state index >= 15 is 0 Å². The maximum absolute atomic E-state index is 12.3. The standard InChI is InChI=1S/C12H15F2NO3S2/c1-2-7-19-8-11(16)15-9-3-5-10(6-4-9)20(17,18)12(13)14/h3-6,12H,2,7-8H2,1H3,(H,15,16). The second-order valence-electron chi connectivity index (χ2n) is 3.93. The van der Waals surface area contributed by atoms with E-state index in [0.29, 0.717) is 11.4 Å². The number of carbonyl (C=O) groups excluding carboxylic acids is 1. The zero-order chi connectivity index (χ0) is 15.2. The smallest absolute Gasteiger partial charge is 0.325 e. The highest BCUT2D eigenvalue weighted by atomic mass is 32.2. The van der Waals surface area contributed by atoms with Crippen molar-refractivity contribution < 1.29 is 22.0 Å². The Kier molecular flexibility index (Phi) is 6.41. The number of hydrogen-bond donors (Lipinski definition) is 1. The molecule has 1 amide bonds. The minimum absolute atomic E-state index is 0.215.